The first-order chi connectivity index (χ1) is 16.0. The lowest BCUT2D eigenvalue weighted by Gasteiger charge is -2.23. The van der Waals surface area contributed by atoms with Crippen LogP contribution in [0.15, 0.2) is 96.1 Å². The molecule has 164 valence electrons. The van der Waals surface area contributed by atoms with Gasteiger partial charge in [0.1, 0.15) is 5.82 Å². The van der Waals surface area contributed by atoms with Gasteiger partial charge in [-0.05, 0) is 64.4 Å². The molecule has 5 heteroatoms. The predicted octanol–water partition coefficient (Wildman–Crippen LogP) is 6.04. The van der Waals surface area contributed by atoms with Crippen LogP contribution in [0.25, 0.3) is 10.8 Å². The van der Waals surface area contributed by atoms with E-state index >= 15 is 0 Å². The van der Waals surface area contributed by atoms with Crippen molar-refractivity contribution < 1.29 is 9.18 Å². The zero-order valence-electron chi connectivity index (χ0n) is 18.6. The van der Waals surface area contributed by atoms with Crippen molar-refractivity contribution in [2.24, 2.45) is 5.10 Å². The Hall–Kier alpha value is -3.99. The number of benzene rings is 4. The number of carbonyl (C=O) groups is 1. The van der Waals surface area contributed by atoms with E-state index in [0.717, 1.165) is 33.3 Å². The zero-order chi connectivity index (χ0) is 22.9. The van der Waals surface area contributed by atoms with Gasteiger partial charge in [0, 0.05) is 31.8 Å². The van der Waals surface area contributed by atoms with Crippen molar-refractivity contribution in [2.45, 2.75) is 12.5 Å². The van der Waals surface area contributed by atoms with E-state index in [1.165, 1.54) is 24.3 Å². The van der Waals surface area contributed by atoms with E-state index in [0.29, 0.717) is 12.0 Å². The van der Waals surface area contributed by atoms with Crippen LogP contribution in [0, 0.1) is 5.82 Å². The van der Waals surface area contributed by atoms with E-state index in [-0.39, 0.29) is 17.8 Å². The molecular formula is C28H24FN3O. The number of carbonyl (C=O) groups excluding carboxylic acids is 1. The predicted molar refractivity (Wildman–Crippen MR) is 131 cm³/mol. The topological polar surface area (TPSA) is 35.9 Å². The molecule has 4 aromatic carbocycles. The largest absolute Gasteiger partial charge is 0.378 e. The van der Waals surface area contributed by atoms with Crippen LogP contribution in [0.5, 0.6) is 0 Å². The van der Waals surface area contributed by atoms with Crippen molar-refractivity contribution in [1.82, 2.24) is 5.01 Å². The monoisotopic (exact) mass is 437 g/mol. The quantitative estimate of drug-likeness (QED) is 0.390. The molecule has 4 aromatic rings. The SMILES string of the molecule is CN(C)c1ccc(C2CC(c3ccc4ccccc4c3)=NN2C(=O)c2ccc(F)cc2)cc1. The Morgan fingerprint density at radius 3 is 2.30 bits per heavy atom. The fraction of sp³-hybridized carbons (Fsp3) is 0.143. The Balaban J connectivity index is 1.54. The van der Waals surface area contributed by atoms with Crippen molar-refractivity contribution in [3.63, 3.8) is 0 Å². The molecule has 0 spiro atoms. The number of hydrogen-bond donors (Lipinski definition) is 0. The van der Waals surface area contributed by atoms with E-state index < -0.39 is 0 Å². The third-order valence-corrected chi connectivity index (χ3v) is 6.09. The van der Waals surface area contributed by atoms with Crippen molar-refractivity contribution in [2.75, 3.05) is 19.0 Å². The van der Waals surface area contributed by atoms with Crippen LogP contribution in [-0.2, 0) is 0 Å². The van der Waals surface area contributed by atoms with Crippen molar-refractivity contribution in [3.05, 3.63) is 114 Å². The molecule has 0 radical (unpaired) electrons. The van der Waals surface area contributed by atoms with Gasteiger partial charge in [0.25, 0.3) is 5.91 Å². The van der Waals surface area contributed by atoms with Gasteiger partial charge in [-0.1, -0.05) is 48.5 Å². The summed E-state index contributed by atoms with van der Waals surface area (Å²) in [4.78, 5) is 15.4. The second-order valence-electron chi connectivity index (χ2n) is 8.47. The number of hydrogen-bond acceptors (Lipinski definition) is 3. The molecule has 1 amide bonds. The smallest absolute Gasteiger partial charge is 0.274 e. The van der Waals surface area contributed by atoms with Gasteiger partial charge in [-0.2, -0.15) is 5.10 Å². The van der Waals surface area contributed by atoms with Gasteiger partial charge < -0.3 is 4.90 Å². The summed E-state index contributed by atoms with van der Waals surface area (Å²) in [7, 11) is 3.99. The minimum atomic E-state index is -0.371. The maximum Gasteiger partial charge on any atom is 0.274 e. The fourth-order valence-electron chi connectivity index (χ4n) is 4.22. The third-order valence-electron chi connectivity index (χ3n) is 6.09. The van der Waals surface area contributed by atoms with Crippen molar-refractivity contribution in [1.29, 1.82) is 0 Å². The molecule has 4 nitrogen and oxygen atoms in total. The first kappa shape index (κ1) is 20.9. The number of nitrogens with zero attached hydrogens (tertiary/aromatic N) is 3. The Morgan fingerprint density at radius 1 is 0.909 bits per heavy atom. The molecule has 33 heavy (non-hydrogen) atoms. The minimum Gasteiger partial charge on any atom is -0.378 e. The molecule has 1 aliphatic rings. The van der Waals surface area contributed by atoms with Gasteiger partial charge in [-0.25, -0.2) is 9.40 Å². The van der Waals surface area contributed by atoms with E-state index in [1.54, 1.807) is 5.01 Å². The van der Waals surface area contributed by atoms with Crippen LogP contribution in [0.4, 0.5) is 10.1 Å². The summed E-state index contributed by atoms with van der Waals surface area (Å²) >= 11 is 0. The number of anilines is 1. The lowest BCUT2D eigenvalue weighted by molar-refractivity contribution is 0.0711. The Bertz CT molecular complexity index is 1340. The first-order valence-electron chi connectivity index (χ1n) is 10.9. The molecule has 0 N–H and O–H groups in total. The first-order valence-corrected chi connectivity index (χ1v) is 10.9. The molecule has 1 atom stereocenters. The lowest BCUT2D eigenvalue weighted by Crippen LogP contribution is -2.27. The minimum absolute atomic E-state index is 0.236. The van der Waals surface area contributed by atoms with Gasteiger partial charge in [-0.3, -0.25) is 4.79 Å². The number of hydrazone groups is 1. The van der Waals surface area contributed by atoms with Gasteiger partial charge >= 0.3 is 0 Å². The van der Waals surface area contributed by atoms with E-state index in [2.05, 4.69) is 30.3 Å². The molecule has 0 saturated carbocycles. The van der Waals surface area contributed by atoms with Crippen LogP contribution in [0.1, 0.15) is 33.9 Å². The Labute approximate surface area is 192 Å². The van der Waals surface area contributed by atoms with Gasteiger partial charge in [0.15, 0.2) is 0 Å². The van der Waals surface area contributed by atoms with Gasteiger partial charge in [-0.15, -0.1) is 0 Å². The summed E-state index contributed by atoms with van der Waals surface area (Å²) in [6.07, 6.45) is 0.604. The Kier molecular flexibility index (Phi) is 5.38. The van der Waals surface area contributed by atoms with Gasteiger partial charge in [0.05, 0.1) is 11.8 Å². The molecule has 1 unspecified atom stereocenters. The molecule has 0 bridgehead atoms. The van der Waals surface area contributed by atoms with E-state index in [4.69, 9.17) is 5.10 Å². The second-order valence-corrected chi connectivity index (χ2v) is 8.47. The van der Waals surface area contributed by atoms with Gasteiger partial charge in [0.2, 0.25) is 0 Å². The van der Waals surface area contributed by atoms with E-state index in [1.807, 2.05) is 55.4 Å². The maximum absolute atomic E-state index is 13.4. The fourth-order valence-corrected chi connectivity index (χ4v) is 4.22. The average Bonchev–Trinajstić information content (AvgIpc) is 3.29. The second kappa shape index (κ2) is 8.51. The molecule has 1 heterocycles. The highest BCUT2D eigenvalue weighted by Gasteiger charge is 2.33. The molecular weight excluding hydrogens is 413 g/mol. The third kappa shape index (κ3) is 4.10. The summed E-state index contributed by atoms with van der Waals surface area (Å²) in [6.45, 7) is 0. The van der Waals surface area contributed by atoms with E-state index in [9.17, 15) is 9.18 Å². The van der Waals surface area contributed by atoms with Crippen LogP contribution in [0.2, 0.25) is 0 Å². The number of rotatable bonds is 4. The van der Waals surface area contributed by atoms with Crippen molar-refractivity contribution >= 4 is 28.1 Å². The highest BCUT2D eigenvalue weighted by atomic mass is 19.1. The normalized spacial score (nSPS) is 15.5. The molecule has 0 aromatic heterocycles. The van der Waals surface area contributed by atoms with Crippen LogP contribution < -0.4 is 4.90 Å². The Morgan fingerprint density at radius 2 is 1.61 bits per heavy atom. The number of fused-ring (bicyclic) bond motifs is 1. The van der Waals surface area contributed by atoms with Crippen LogP contribution >= 0.6 is 0 Å². The average molecular weight is 438 g/mol. The van der Waals surface area contributed by atoms with Crippen molar-refractivity contribution in [3.8, 4) is 0 Å². The summed E-state index contributed by atoms with van der Waals surface area (Å²) < 4.78 is 13.4. The van der Waals surface area contributed by atoms with Crippen LogP contribution in [0.3, 0.4) is 0 Å². The standard InChI is InChI=1S/C28H24FN3O/c1-31(2)25-15-11-20(12-16-25)27-18-26(23-8-7-19-5-3-4-6-22(19)17-23)30-32(27)28(33)21-9-13-24(29)14-10-21/h3-17,27H,18H2,1-2H3. The summed E-state index contributed by atoms with van der Waals surface area (Å²) in [5, 5.41) is 8.61. The molecule has 1 aliphatic heterocycles. The molecule has 5 rings (SSSR count). The summed E-state index contributed by atoms with van der Waals surface area (Å²) in [6, 6.07) is 28.0. The molecule has 0 aliphatic carbocycles. The number of halogens is 1. The molecule has 0 fully saturated rings. The lowest BCUT2D eigenvalue weighted by atomic mass is 9.96. The molecule has 0 saturated heterocycles. The number of amides is 1. The highest BCUT2D eigenvalue weighted by Crippen LogP contribution is 2.35. The summed E-state index contributed by atoms with van der Waals surface area (Å²) in [5.74, 6) is -0.614. The maximum atomic E-state index is 13.4. The highest BCUT2D eigenvalue weighted by molar-refractivity contribution is 6.06. The summed E-state index contributed by atoms with van der Waals surface area (Å²) in [5.41, 5.74) is 4.37. The zero-order valence-corrected chi connectivity index (χ0v) is 18.6. The van der Waals surface area contributed by atoms with Crippen LogP contribution in [-0.4, -0.2) is 30.7 Å².